The lowest BCUT2D eigenvalue weighted by atomic mass is 9.63. The summed E-state index contributed by atoms with van der Waals surface area (Å²) in [4.78, 5) is 4.99. The highest BCUT2D eigenvalue weighted by Gasteiger charge is 2.43. The first-order valence-electron chi connectivity index (χ1n) is 29.2. The fraction of sp³-hybridized carbons (Fsp3) is 0.263. The highest BCUT2D eigenvalue weighted by molar-refractivity contribution is 7.25. The van der Waals surface area contributed by atoms with Crippen LogP contribution in [0.1, 0.15) is 133 Å². The molecule has 2 atom stereocenters. The van der Waals surface area contributed by atoms with Gasteiger partial charge in [0, 0.05) is 59.1 Å². The summed E-state index contributed by atoms with van der Waals surface area (Å²) >= 11 is 1.98. The average Bonchev–Trinajstić information content (AvgIpc) is 4.01. The Labute approximate surface area is 471 Å². The van der Waals surface area contributed by atoms with Gasteiger partial charge in [-0.3, -0.25) is 0 Å². The second-order valence-electron chi connectivity index (χ2n) is 26.6. The van der Waals surface area contributed by atoms with Crippen molar-refractivity contribution in [3.63, 3.8) is 0 Å². The Kier molecular flexibility index (Phi) is 10.9. The van der Waals surface area contributed by atoms with Crippen molar-refractivity contribution < 1.29 is 0 Å². The summed E-state index contributed by atoms with van der Waals surface area (Å²) in [6, 6.07) is 75.2. The van der Waals surface area contributed by atoms with E-state index in [1.807, 2.05) is 11.3 Å². The van der Waals surface area contributed by atoms with Gasteiger partial charge in [-0.25, -0.2) is 0 Å². The van der Waals surface area contributed by atoms with E-state index in [1.165, 1.54) is 152 Å². The van der Waals surface area contributed by atoms with Crippen LogP contribution in [0.3, 0.4) is 0 Å². The van der Waals surface area contributed by atoms with E-state index in [0.717, 1.165) is 11.8 Å². The second kappa shape index (κ2) is 17.8. The van der Waals surface area contributed by atoms with Crippen molar-refractivity contribution in [1.82, 2.24) is 0 Å². The van der Waals surface area contributed by atoms with Gasteiger partial charge in [0.15, 0.2) is 0 Å². The maximum absolute atomic E-state index is 2.73. The molecule has 0 radical (unpaired) electrons. The normalized spacial score (nSPS) is 19.0. The van der Waals surface area contributed by atoms with Gasteiger partial charge in [-0.1, -0.05) is 171 Å². The molecule has 2 fully saturated rings. The molecule has 1 heterocycles. The molecule has 4 bridgehead atoms. The van der Waals surface area contributed by atoms with Gasteiger partial charge in [-0.15, -0.1) is 11.3 Å². The van der Waals surface area contributed by atoms with Gasteiger partial charge >= 0.3 is 0 Å². The number of thiophene rings is 1. The number of hydrogen-bond acceptors (Lipinski definition) is 3. The molecule has 79 heavy (non-hydrogen) atoms. The first kappa shape index (κ1) is 48.6. The number of benzene rings is 10. The van der Waals surface area contributed by atoms with Crippen LogP contribution in [-0.4, -0.2) is 0 Å². The van der Waals surface area contributed by atoms with E-state index in [-0.39, 0.29) is 16.2 Å². The Balaban J connectivity index is 0.885. The second-order valence-corrected chi connectivity index (χ2v) is 27.7. The molecular weight excluding hydrogens is 973 g/mol. The van der Waals surface area contributed by atoms with Crippen LogP contribution in [0.2, 0.25) is 0 Å². The Morgan fingerprint density at radius 3 is 1.42 bits per heavy atom. The molecule has 2 unspecified atom stereocenters. The van der Waals surface area contributed by atoms with Crippen molar-refractivity contribution in [3.8, 4) is 22.3 Å². The van der Waals surface area contributed by atoms with E-state index < -0.39 is 0 Å². The number of rotatable bonds is 6. The zero-order valence-electron chi connectivity index (χ0n) is 47.1. The van der Waals surface area contributed by atoms with Crippen LogP contribution in [0.15, 0.2) is 194 Å². The summed E-state index contributed by atoms with van der Waals surface area (Å²) in [7, 11) is 0. The summed E-state index contributed by atoms with van der Waals surface area (Å²) in [5.41, 5.74) is 21.6. The van der Waals surface area contributed by atoms with E-state index in [1.54, 1.807) is 11.1 Å². The third-order valence-corrected chi connectivity index (χ3v) is 20.4. The standard InChI is InChI=1S/C76H70N2S/c1-74(2,3)52-23-27-54(28-24-52)77(70-21-13-17-48-15-9-11-19-58(48)70)56-31-33-60-66-43-64-63(44-69(66)76(7,8)68(60)40-56)51-38-46-35-47(39-51)37-50(36-46)62-42-67-61-34-32-57(41-72(61)79-73(67)45-65(62)64)78(55-29-25-53(26-30-55)75(4,5)6)71-22-14-18-49-16-10-12-20-59(49)71/h9-34,40-47,50-51H,35-39H2,1-8H3. The van der Waals surface area contributed by atoms with Gasteiger partial charge in [0.2, 0.25) is 0 Å². The molecule has 1 aromatic heterocycles. The number of nitrogens with zero attached hydrogens (tertiary/aromatic N) is 2. The molecule has 0 saturated heterocycles. The summed E-state index contributed by atoms with van der Waals surface area (Å²) in [6.45, 7) is 18.8. The lowest BCUT2D eigenvalue weighted by Gasteiger charge is -2.42. The Morgan fingerprint density at radius 2 is 0.848 bits per heavy atom. The molecule has 16 rings (SSSR count). The molecule has 11 aromatic rings. The minimum absolute atomic E-state index is 0.0671. The van der Waals surface area contributed by atoms with Crippen LogP contribution >= 0.6 is 11.3 Å². The van der Waals surface area contributed by atoms with Crippen LogP contribution in [0.5, 0.6) is 0 Å². The fourth-order valence-corrected chi connectivity index (χ4v) is 16.4. The maximum Gasteiger partial charge on any atom is 0.0540 e. The van der Waals surface area contributed by atoms with E-state index in [4.69, 9.17) is 0 Å². The zero-order chi connectivity index (χ0) is 53.7. The third kappa shape index (κ3) is 7.92. The van der Waals surface area contributed by atoms with E-state index in [9.17, 15) is 0 Å². The molecule has 0 aliphatic heterocycles. The van der Waals surface area contributed by atoms with Crippen LogP contribution in [0, 0.1) is 11.8 Å². The summed E-state index contributed by atoms with van der Waals surface area (Å²) in [5, 5.41) is 7.79. The predicted molar refractivity (Wildman–Crippen MR) is 340 cm³/mol. The van der Waals surface area contributed by atoms with Crippen LogP contribution < -0.4 is 9.80 Å². The van der Waals surface area contributed by atoms with Gasteiger partial charge in [-0.05, 0) is 212 Å². The van der Waals surface area contributed by atoms with Crippen LogP contribution in [0.25, 0.3) is 64.0 Å². The molecule has 0 N–H and O–H groups in total. The van der Waals surface area contributed by atoms with Crippen LogP contribution in [-0.2, 0) is 16.2 Å². The first-order chi connectivity index (χ1) is 38.1. The highest BCUT2D eigenvalue weighted by Crippen LogP contribution is 2.60. The van der Waals surface area contributed by atoms with Crippen molar-refractivity contribution in [1.29, 1.82) is 0 Å². The van der Waals surface area contributed by atoms with Crippen molar-refractivity contribution in [2.45, 2.75) is 116 Å². The molecule has 2 nitrogen and oxygen atoms in total. The Bertz CT molecular complexity index is 4230. The van der Waals surface area contributed by atoms with Gasteiger partial charge in [-0.2, -0.15) is 0 Å². The highest BCUT2D eigenvalue weighted by atomic mass is 32.1. The topological polar surface area (TPSA) is 6.48 Å². The monoisotopic (exact) mass is 1040 g/mol. The van der Waals surface area contributed by atoms with Gasteiger partial charge in [0.05, 0.1) is 11.4 Å². The van der Waals surface area contributed by atoms with Crippen molar-refractivity contribution in [3.05, 3.63) is 228 Å². The van der Waals surface area contributed by atoms with Gasteiger partial charge in [0.1, 0.15) is 0 Å². The maximum atomic E-state index is 2.73. The molecule has 10 aromatic carbocycles. The SMILES string of the molecule is CC(C)(C)c1ccc(N(c2ccc3c(c2)C(C)(C)c2cc4c(cc2-3)-c2cc3sc5cc(N(c6ccc(C(C)(C)C)cc6)c6cccc7ccccc67)ccc5c3cc2C2CC3CC(CC4C3)C2)c2cccc3ccccc23)cc1. The quantitative estimate of drug-likeness (QED) is 0.164. The number of hydrogen-bond donors (Lipinski definition) is 0. The Hall–Kier alpha value is -7.46. The average molecular weight is 1040 g/mol. The number of fused-ring (bicyclic) bond motifs is 8. The molecule has 5 aliphatic rings. The van der Waals surface area contributed by atoms with Crippen LogP contribution in [0.4, 0.5) is 34.1 Å². The number of anilines is 6. The summed E-state index contributed by atoms with van der Waals surface area (Å²) in [6.07, 6.45) is 6.63. The van der Waals surface area contributed by atoms with E-state index >= 15 is 0 Å². The molecule has 5 aliphatic carbocycles. The van der Waals surface area contributed by atoms with E-state index in [2.05, 4.69) is 259 Å². The molecule has 2 saturated carbocycles. The predicted octanol–water partition coefficient (Wildman–Crippen LogP) is 22.3. The minimum Gasteiger partial charge on any atom is -0.310 e. The van der Waals surface area contributed by atoms with Crippen molar-refractivity contribution >= 4 is 87.2 Å². The molecule has 0 amide bonds. The molecular formula is C76H70N2S. The lowest BCUT2D eigenvalue weighted by Crippen LogP contribution is -2.29. The molecule has 3 heteroatoms. The summed E-state index contributed by atoms with van der Waals surface area (Å²) < 4.78 is 2.73. The fourth-order valence-electron chi connectivity index (χ4n) is 15.3. The summed E-state index contributed by atoms with van der Waals surface area (Å²) in [5.74, 6) is 2.69. The zero-order valence-corrected chi connectivity index (χ0v) is 47.9. The smallest absolute Gasteiger partial charge is 0.0540 e. The minimum atomic E-state index is -0.185. The van der Waals surface area contributed by atoms with Gasteiger partial charge < -0.3 is 9.80 Å². The first-order valence-corrected chi connectivity index (χ1v) is 30.0. The molecule has 390 valence electrons. The lowest BCUT2D eigenvalue weighted by molar-refractivity contribution is 0.153. The van der Waals surface area contributed by atoms with Gasteiger partial charge in [0.25, 0.3) is 0 Å². The molecule has 0 spiro atoms. The van der Waals surface area contributed by atoms with Crippen molar-refractivity contribution in [2.75, 3.05) is 9.80 Å². The Morgan fingerprint density at radius 1 is 0.380 bits per heavy atom. The van der Waals surface area contributed by atoms with Crippen molar-refractivity contribution in [2.24, 2.45) is 11.8 Å². The third-order valence-electron chi connectivity index (χ3n) is 19.3. The van der Waals surface area contributed by atoms with E-state index in [0.29, 0.717) is 11.8 Å². The largest absolute Gasteiger partial charge is 0.310 e.